The molecule has 0 aliphatic rings. The summed E-state index contributed by atoms with van der Waals surface area (Å²) in [5.41, 5.74) is 0.865. The summed E-state index contributed by atoms with van der Waals surface area (Å²) in [7, 11) is 9.97. The van der Waals surface area contributed by atoms with Crippen LogP contribution in [0.2, 0.25) is 0 Å². The van der Waals surface area contributed by atoms with E-state index in [4.69, 9.17) is 9.26 Å². The molecule has 0 radical (unpaired) electrons. The van der Waals surface area contributed by atoms with Gasteiger partial charge in [0.1, 0.15) is 24.4 Å². The average Bonchev–Trinajstić information content (AvgIpc) is 2.68. The number of nitrogens with zero attached hydrogens (tertiary/aromatic N) is 1. The van der Waals surface area contributed by atoms with Crippen molar-refractivity contribution in [1.82, 2.24) is 10.4 Å². The van der Waals surface area contributed by atoms with Gasteiger partial charge in [0.05, 0.1) is 9.47 Å². The molecule has 0 aliphatic heterocycles. The molecule has 2 N–H and O–H groups in total. The number of hydrogen-bond donors (Lipinski definition) is 2. The zero-order valence-corrected chi connectivity index (χ0v) is 21.1. The highest BCUT2D eigenvalue weighted by atomic mass is 32.7. The van der Waals surface area contributed by atoms with Crippen LogP contribution in [0.3, 0.4) is 0 Å². The van der Waals surface area contributed by atoms with Gasteiger partial charge < -0.3 is 14.6 Å². The topological polar surface area (TPSA) is 89.0 Å². The molecule has 1 aromatic rings. The molecule has 12 heteroatoms. The monoisotopic (exact) mass is 481 g/mol. The Morgan fingerprint density at radius 2 is 1.96 bits per heavy atom. The lowest BCUT2D eigenvalue weighted by molar-refractivity contribution is -0.138. The fourth-order valence-corrected chi connectivity index (χ4v) is 3.80. The third-order valence-electron chi connectivity index (χ3n) is 3.94. The Hall–Kier alpha value is -0.340. The maximum atomic E-state index is 12.7. The van der Waals surface area contributed by atoms with Crippen LogP contribution in [0.5, 0.6) is 5.75 Å². The number of benzene rings is 1. The van der Waals surface area contributed by atoms with Crippen molar-refractivity contribution in [3.05, 3.63) is 29.8 Å². The molecule has 1 rings (SSSR count). The quantitative estimate of drug-likeness (QED) is 0.353. The van der Waals surface area contributed by atoms with E-state index in [1.807, 2.05) is 47.6 Å². The molecular formula is C16H27N3O4P4S. The Kier molecular flexibility index (Phi) is 12.0. The van der Waals surface area contributed by atoms with Crippen molar-refractivity contribution >= 4 is 59.6 Å². The van der Waals surface area contributed by atoms with Crippen LogP contribution in [-0.2, 0) is 20.5 Å². The average molecular weight is 481 g/mol. The summed E-state index contributed by atoms with van der Waals surface area (Å²) in [5.74, 6) is -0.176. The molecule has 1 aromatic carbocycles. The van der Waals surface area contributed by atoms with E-state index in [0.29, 0.717) is 13.2 Å². The minimum atomic E-state index is -0.834. The number of nitrogens with one attached hydrogen (secondary N) is 2. The Labute approximate surface area is 179 Å². The summed E-state index contributed by atoms with van der Waals surface area (Å²) in [6.45, 7) is 5.05. The zero-order valence-electron chi connectivity index (χ0n) is 15.8. The van der Waals surface area contributed by atoms with E-state index in [1.54, 1.807) is 0 Å². The van der Waals surface area contributed by atoms with E-state index in [0.717, 1.165) is 11.3 Å². The first kappa shape index (κ1) is 25.7. The van der Waals surface area contributed by atoms with Gasteiger partial charge in [0.2, 0.25) is 5.91 Å². The predicted molar refractivity (Wildman–Crippen MR) is 127 cm³/mol. The van der Waals surface area contributed by atoms with Crippen LogP contribution in [0.1, 0.15) is 19.4 Å². The molecule has 0 fully saturated rings. The van der Waals surface area contributed by atoms with Crippen LogP contribution in [0.25, 0.3) is 0 Å². The fraction of sp³-hybridized carbons (Fsp3) is 0.500. The second-order valence-electron chi connectivity index (χ2n) is 6.40. The van der Waals surface area contributed by atoms with Crippen LogP contribution >= 0.6 is 47.7 Å². The van der Waals surface area contributed by atoms with Gasteiger partial charge in [-0.3, -0.25) is 14.6 Å². The summed E-state index contributed by atoms with van der Waals surface area (Å²) in [6, 6.07) is 5.84. The molecule has 156 valence electrons. The van der Waals surface area contributed by atoms with Crippen molar-refractivity contribution in [2.45, 2.75) is 37.1 Å². The molecule has 0 bridgehead atoms. The Morgan fingerprint density at radius 3 is 2.46 bits per heavy atom. The first-order chi connectivity index (χ1) is 13.3. The molecule has 0 aromatic heterocycles. The normalized spacial score (nSPS) is 13.3. The van der Waals surface area contributed by atoms with Gasteiger partial charge in [-0.2, -0.15) is 0 Å². The molecule has 3 unspecified atom stereocenters. The van der Waals surface area contributed by atoms with E-state index in [1.165, 1.54) is 11.4 Å². The second kappa shape index (κ2) is 13.1. The van der Waals surface area contributed by atoms with Crippen molar-refractivity contribution < 1.29 is 18.8 Å². The predicted octanol–water partition coefficient (Wildman–Crippen LogP) is 2.80. The fourth-order valence-electron chi connectivity index (χ4n) is 2.31. The van der Waals surface area contributed by atoms with E-state index in [-0.39, 0.29) is 12.3 Å². The number of amides is 1. The van der Waals surface area contributed by atoms with Crippen LogP contribution in [-0.4, -0.2) is 41.9 Å². The molecule has 0 spiro atoms. The third-order valence-corrected chi connectivity index (χ3v) is 7.37. The maximum Gasteiger partial charge on any atom is 0.331 e. The lowest BCUT2D eigenvalue weighted by Gasteiger charge is -2.29. The first-order valence-corrected chi connectivity index (χ1v) is 12.2. The summed E-state index contributed by atoms with van der Waals surface area (Å²) in [4.78, 5) is 24.9. The van der Waals surface area contributed by atoms with Crippen molar-refractivity contribution in [3.63, 3.8) is 0 Å². The highest BCUT2D eigenvalue weighted by Crippen LogP contribution is 2.35. The minimum absolute atomic E-state index is 0.287. The van der Waals surface area contributed by atoms with Crippen molar-refractivity contribution in [2.24, 2.45) is 4.74 Å². The van der Waals surface area contributed by atoms with Gasteiger partial charge >= 0.3 is 5.97 Å². The van der Waals surface area contributed by atoms with E-state index in [2.05, 4.69) is 42.0 Å². The summed E-state index contributed by atoms with van der Waals surface area (Å²) in [6.07, 6.45) is 0.287. The van der Waals surface area contributed by atoms with Gasteiger partial charge in [-0.15, -0.1) is 11.4 Å². The molecule has 28 heavy (non-hydrogen) atoms. The van der Waals surface area contributed by atoms with Crippen molar-refractivity contribution in [2.75, 3.05) is 13.2 Å². The summed E-state index contributed by atoms with van der Waals surface area (Å²) < 4.78 is 13.9. The smallest absolute Gasteiger partial charge is 0.331 e. The van der Waals surface area contributed by atoms with Crippen LogP contribution in [0.15, 0.2) is 29.0 Å². The highest BCUT2D eigenvalue weighted by molar-refractivity contribution is 8.44. The second-order valence-corrected chi connectivity index (χ2v) is 9.30. The van der Waals surface area contributed by atoms with Gasteiger partial charge in [-0.05, 0) is 40.6 Å². The molecular weight excluding hydrogens is 454 g/mol. The molecule has 0 heterocycles. The number of hydrogen-bond acceptors (Lipinski definition) is 7. The summed E-state index contributed by atoms with van der Waals surface area (Å²) in [5, 5.41) is 5.67. The van der Waals surface area contributed by atoms with Gasteiger partial charge in [-0.1, -0.05) is 30.0 Å². The largest absolute Gasteiger partial charge is 0.492 e. The molecule has 1 amide bonds. The number of ether oxygens (including phenoxy) is 1. The van der Waals surface area contributed by atoms with Gasteiger partial charge in [0.25, 0.3) is 0 Å². The Morgan fingerprint density at radius 1 is 1.32 bits per heavy atom. The third kappa shape index (κ3) is 8.19. The van der Waals surface area contributed by atoms with Crippen LogP contribution in [0.4, 0.5) is 0 Å². The lowest BCUT2D eigenvalue weighted by Crippen LogP contribution is -2.50. The van der Waals surface area contributed by atoms with Gasteiger partial charge in [0, 0.05) is 17.7 Å². The molecule has 0 saturated carbocycles. The van der Waals surface area contributed by atoms with Crippen molar-refractivity contribution in [3.8, 4) is 5.75 Å². The molecule has 5 atom stereocenters. The maximum absolute atomic E-state index is 12.7. The van der Waals surface area contributed by atoms with Crippen molar-refractivity contribution in [1.29, 1.82) is 0 Å². The van der Waals surface area contributed by atoms with E-state index < -0.39 is 22.8 Å². The Balaban J connectivity index is 2.85. The van der Waals surface area contributed by atoms with E-state index >= 15 is 0 Å². The molecule has 0 saturated heterocycles. The number of rotatable bonds is 12. The summed E-state index contributed by atoms with van der Waals surface area (Å²) >= 11 is 1.43. The molecule has 0 aliphatic carbocycles. The van der Waals surface area contributed by atoms with Crippen LogP contribution < -0.4 is 15.1 Å². The first-order valence-electron chi connectivity index (χ1n) is 8.39. The minimum Gasteiger partial charge on any atom is -0.492 e. The SMILES string of the molecule is CC(C)(SP)[C@H](N=P)C(=O)N[C@@H](Cc1ccc(OCCNP)cc1)C(=O)OP. The number of carbonyl (C=O) groups is 2. The number of carbonyl (C=O) groups excluding carboxylic acids is 2. The highest BCUT2D eigenvalue weighted by Gasteiger charge is 2.36. The van der Waals surface area contributed by atoms with Gasteiger partial charge in [-0.25, -0.2) is 4.79 Å². The van der Waals surface area contributed by atoms with E-state index in [9.17, 15) is 9.59 Å². The zero-order chi connectivity index (χ0) is 21.2. The lowest BCUT2D eigenvalue weighted by atomic mass is 10.0. The standard InChI is InChI=1S/C16H27N3O4P4S/c1-16(2,28-27)13(19-25)14(20)18-12(15(21)23-26)9-10-3-5-11(6-4-10)22-8-7-17-24/h3-6,12-13,17,25H,7-9,24,26-27H2,1-2H3,(H,18,20)/t12-,13+/m0/s1. The molecule has 7 nitrogen and oxygen atoms in total. The van der Waals surface area contributed by atoms with Gasteiger partial charge in [0.15, 0.2) is 0 Å². The Bertz CT molecular complexity index is 664. The van der Waals surface area contributed by atoms with Crippen LogP contribution in [0, 0.1) is 0 Å².